The molecule has 1 aromatic rings. The van der Waals surface area contributed by atoms with E-state index >= 15 is 0 Å². The molecule has 0 bridgehead atoms. The van der Waals surface area contributed by atoms with Gasteiger partial charge >= 0.3 is 5.97 Å². The van der Waals surface area contributed by atoms with E-state index in [0.717, 1.165) is 0 Å². The summed E-state index contributed by atoms with van der Waals surface area (Å²) in [4.78, 5) is 10.6. The Morgan fingerprint density at radius 3 is 2.86 bits per heavy atom. The molecule has 0 aromatic heterocycles. The molecule has 0 aliphatic heterocycles. The number of nitrogens with one attached hydrogen (secondary N) is 1. The molecular weight excluding hydrogens is 182 g/mol. The van der Waals surface area contributed by atoms with E-state index in [0.29, 0.717) is 5.56 Å². The first-order chi connectivity index (χ1) is 6.66. The van der Waals surface area contributed by atoms with Gasteiger partial charge in [-0.25, -0.2) is 4.79 Å². The topological polar surface area (TPSA) is 69.6 Å². The van der Waals surface area contributed by atoms with Crippen LogP contribution in [0.5, 0.6) is 5.75 Å². The van der Waals surface area contributed by atoms with Gasteiger partial charge in [0.15, 0.2) is 0 Å². The fourth-order valence-electron chi connectivity index (χ4n) is 1.05. The molecule has 0 unspecified atom stereocenters. The van der Waals surface area contributed by atoms with Crippen molar-refractivity contribution in [3.8, 4) is 18.2 Å². The van der Waals surface area contributed by atoms with Gasteiger partial charge in [-0.05, 0) is 6.07 Å². The lowest BCUT2D eigenvalue weighted by molar-refractivity contribution is 0.0693. The molecule has 0 saturated heterocycles. The van der Waals surface area contributed by atoms with Crippen molar-refractivity contribution in [1.29, 1.82) is 0 Å². The molecule has 72 valence electrons. The summed E-state index contributed by atoms with van der Waals surface area (Å²) in [5.74, 6) is -1.41. The Bertz CT molecular complexity index is 393. The van der Waals surface area contributed by atoms with Crippen molar-refractivity contribution in [2.45, 2.75) is 6.54 Å². The van der Waals surface area contributed by atoms with Gasteiger partial charge in [-0.3, -0.25) is 0 Å². The van der Waals surface area contributed by atoms with Crippen LogP contribution in [0.4, 0.5) is 0 Å². The highest BCUT2D eigenvalue weighted by Gasteiger charge is 2.11. The third-order valence-corrected chi connectivity index (χ3v) is 1.73. The minimum atomic E-state index is -1.16. The number of hydrogen-bond donors (Lipinski definition) is 3. The van der Waals surface area contributed by atoms with Crippen LogP contribution in [-0.4, -0.2) is 16.2 Å². The van der Waals surface area contributed by atoms with Crippen LogP contribution < -0.4 is 5.32 Å². The third kappa shape index (κ3) is 1.96. The van der Waals surface area contributed by atoms with Crippen molar-refractivity contribution in [3.63, 3.8) is 0 Å². The molecule has 4 heteroatoms. The fourth-order valence-corrected chi connectivity index (χ4v) is 1.05. The van der Waals surface area contributed by atoms with Crippen molar-refractivity contribution in [2.75, 3.05) is 0 Å². The second-order valence-electron chi connectivity index (χ2n) is 2.62. The molecule has 0 radical (unpaired) electrons. The van der Waals surface area contributed by atoms with Gasteiger partial charge in [0.05, 0.1) is 6.54 Å². The zero-order valence-corrected chi connectivity index (χ0v) is 7.32. The molecule has 14 heavy (non-hydrogen) atoms. The monoisotopic (exact) mass is 191 g/mol. The Morgan fingerprint density at radius 1 is 1.57 bits per heavy atom. The van der Waals surface area contributed by atoms with Gasteiger partial charge in [-0.2, -0.15) is 0 Å². The van der Waals surface area contributed by atoms with Crippen LogP contribution in [0.15, 0.2) is 18.2 Å². The Labute approximate surface area is 81.2 Å². The largest absolute Gasteiger partial charge is 0.507 e. The SMILES string of the molecule is C#CNCc1cccc(C(=O)O)c1O. The number of para-hydroxylation sites is 1. The molecule has 0 aliphatic rings. The summed E-state index contributed by atoms with van der Waals surface area (Å²) in [6, 6.07) is 6.67. The second kappa shape index (κ2) is 4.19. The van der Waals surface area contributed by atoms with E-state index in [4.69, 9.17) is 11.5 Å². The number of rotatable bonds is 3. The van der Waals surface area contributed by atoms with E-state index < -0.39 is 5.97 Å². The molecule has 0 fully saturated rings. The highest BCUT2D eigenvalue weighted by Crippen LogP contribution is 2.21. The first-order valence-corrected chi connectivity index (χ1v) is 3.89. The van der Waals surface area contributed by atoms with Crippen molar-refractivity contribution in [1.82, 2.24) is 5.32 Å². The quantitative estimate of drug-likeness (QED) is 0.487. The number of hydrogen-bond acceptors (Lipinski definition) is 3. The van der Waals surface area contributed by atoms with Gasteiger partial charge in [-0.1, -0.05) is 18.6 Å². The maximum absolute atomic E-state index is 10.6. The van der Waals surface area contributed by atoms with E-state index in [2.05, 4.69) is 11.4 Å². The number of carbonyl (C=O) groups is 1. The van der Waals surface area contributed by atoms with Crippen molar-refractivity contribution < 1.29 is 15.0 Å². The van der Waals surface area contributed by atoms with E-state index in [1.165, 1.54) is 6.07 Å². The minimum Gasteiger partial charge on any atom is -0.507 e. The number of aromatic hydroxyl groups is 1. The fraction of sp³-hybridized carbons (Fsp3) is 0.100. The second-order valence-corrected chi connectivity index (χ2v) is 2.62. The van der Waals surface area contributed by atoms with E-state index in [1.54, 1.807) is 12.1 Å². The van der Waals surface area contributed by atoms with Crippen molar-refractivity contribution in [2.24, 2.45) is 0 Å². The highest BCUT2D eigenvalue weighted by atomic mass is 16.4. The molecular formula is C10H9NO3. The Kier molecular flexibility index (Phi) is 2.97. The van der Waals surface area contributed by atoms with Crippen LogP contribution in [0.25, 0.3) is 0 Å². The number of terminal acetylenes is 1. The summed E-state index contributed by atoms with van der Waals surface area (Å²) < 4.78 is 0. The minimum absolute atomic E-state index is 0.124. The molecule has 1 rings (SSSR count). The van der Waals surface area contributed by atoms with Gasteiger partial charge in [0.1, 0.15) is 11.3 Å². The Hall–Kier alpha value is -2.15. The van der Waals surface area contributed by atoms with E-state index in [9.17, 15) is 9.90 Å². The maximum Gasteiger partial charge on any atom is 0.339 e. The first kappa shape index (κ1) is 9.93. The van der Waals surface area contributed by atoms with Crippen molar-refractivity contribution in [3.05, 3.63) is 29.3 Å². The van der Waals surface area contributed by atoms with Crippen LogP contribution in [0, 0.1) is 12.5 Å². The molecule has 4 nitrogen and oxygen atoms in total. The van der Waals surface area contributed by atoms with Crippen LogP contribution in [0.2, 0.25) is 0 Å². The van der Waals surface area contributed by atoms with Gasteiger partial charge in [-0.15, -0.1) is 0 Å². The molecule has 3 N–H and O–H groups in total. The average molecular weight is 191 g/mol. The number of aromatic carboxylic acids is 1. The van der Waals surface area contributed by atoms with Gasteiger partial charge in [0.2, 0.25) is 0 Å². The first-order valence-electron chi connectivity index (χ1n) is 3.89. The number of carboxylic acids is 1. The molecule has 0 amide bonds. The van der Waals surface area contributed by atoms with Crippen molar-refractivity contribution >= 4 is 5.97 Å². The maximum atomic E-state index is 10.6. The van der Waals surface area contributed by atoms with Gasteiger partial charge < -0.3 is 15.5 Å². The number of benzene rings is 1. The van der Waals surface area contributed by atoms with Crippen LogP contribution >= 0.6 is 0 Å². The molecule has 0 aliphatic carbocycles. The summed E-state index contributed by atoms with van der Waals surface area (Å²) in [5, 5.41) is 20.7. The predicted molar refractivity (Wildman–Crippen MR) is 50.7 cm³/mol. The lowest BCUT2D eigenvalue weighted by atomic mass is 10.1. The van der Waals surface area contributed by atoms with Crippen LogP contribution in [0.3, 0.4) is 0 Å². The van der Waals surface area contributed by atoms with Crippen LogP contribution in [0.1, 0.15) is 15.9 Å². The molecule has 0 spiro atoms. The standard InChI is InChI=1S/C10H9NO3/c1-2-11-6-7-4-3-5-8(9(7)12)10(13)14/h1,3-5,11-12H,6H2,(H,13,14). The molecule has 0 saturated carbocycles. The summed E-state index contributed by atoms with van der Waals surface area (Å²) in [7, 11) is 0. The smallest absolute Gasteiger partial charge is 0.339 e. The number of phenols is 1. The molecule has 0 atom stereocenters. The lowest BCUT2D eigenvalue weighted by Crippen LogP contribution is -2.06. The van der Waals surface area contributed by atoms with Crippen LogP contribution in [-0.2, 0) is 6.54 Å². The van der Waals surface area contributed by atoms with E-state index in [1.807, 2.05) is 0 Å². The zero-order valence-electron chi connectivity index (χ0n) is 7.32. The lowest BCUT2D eigenvalue weighted by Gasteiger charge is -2.05. The Balaban J connectivity index is 3.02. The normalized spacial score (nSPS) is 9.07. The van der Waals surface area contributed by atoms with Gasteiger partial charge in [0.25, 0.3) is 0 Å². The Morgan fingerprint density at radius 2 is 2.29 bits per heavy atom. The average Bonchev–Trinajstić information content (AvgIpc) is 2.16. The van der Waals surface area contributed by atoms with Gasteiger partial charge in [0, 0.05) is 11.6 Å². The molecule has 0 heterocycles. The summed E-state index contributed by atoms with van der Waals surface area (Å²) in [6.45, 7) is 0.240. The highest BCUT2D eigenvalue weighted by molar-refractivity contribution is 5.91. The summed E-state index contributed by atoms with van der Waals surface area (Å²) in [6.07, 6.45) is 4.97. The summed E-state index contributed by atoms with van der Waals surface area (Å²) in [5.41, 5.74) is 0.337. The predicted octanol–water partition coefficient (Wildman–Crippen LogP) is 0.771. The third-order valence-electron chi connectivity index (χ3n) is 1.73. The summed E-state index contributed by atoms with van der Waals surface area (Å²) >= 11 is 0. The molecule has 1 aromatic carbocycles. The number of carboxylic acid groups (broad SMARTS) is 1. The van der Waals surface area contributed by atoms with E-state index in [-0.39, 0.29) is 17.9 Å². The zero-order chi connectivity index (χ0) is 10.6.